The number of hydrogen-bond donors (Lipinski definition) is 1. The highest BCUT2D eigenvalue weighted by molar-refractivity contribution is 7.92. The zero-order valence-corrected chi connectivity index (χ0v) is 25.6. The van der Waals surface area contributed by atoms with Crippen LogP contribution in [-0.2, 0) is 26.2 Å². The molecule has 0 saturated heterocycles. The second-order valence-corrected chi connectivity index (χ2v) is 12.9. The van der Waals surface area contributed by atoms with Crippen molar-refractivity contribution in [3.63, 3.8) is 0 Å². The van der Waals surface area contributed by atoms with Gasteiger partial charge in [-0.2, -0.15) is 0 Å². The van der Waals surface area contributed by atoms with Crippen molar-refractivity contribution >= 4 is 73.9 Å². The second kappa shape index (κ2) is 14.6. The summed E-state index contributed by atoms with van der Waals surface area (Å²) in [6.07, 6.45) is 1.62. The zero-order chi connectivity index (χ0) is 28.6. The van der Waals surface area contributed by atoms with E-state index in [1.54, 1.807) is 24.3 Å². The lowest BCUT2D eigenvalue weighted by Gasteiger charge is -2.31. The van der Waals surface area contributed by atoms with Gasteiger partial charge in [0.2, 0.25) is 21.8 Å². The lowest BCUT2D eigenvalue weighted by molar-refractivity contribution is -0.141. The third kappa shape index (κ3) is 9.49. The highest BCUT2D eigenvalue weighted by atomic mass is 35.5. The van der Waals surface area contributed by atoms with Gasteiger partial charge in [-0.25, -0.2) is 8.42 Å². The summed E-state index contributed by atoms with van der Waals surface area (Å²) in [5.74, 6) is -0.331. The van der Waals surface area contributed by atoms with Crippen molar-refractivity contribution in [2.45, 2.75) is 52.6 Å². The predicted molar refractivity (Wildman–Crippen MR) is 157 cm³/mol. The maximum absolute atomic E-state index is 13.5. The molecule has 2 aromatic carbocycles. The Hall–Kier alpha value is -1.71. The van der Waals surface area contributed by atoms with E-state index in [2.05, 4.69) is 5.32 Å². The third-order valence-corrected chi connectivity index (χ3v) is 8.08. The normalized spacial score (nSPS) is 12.3. The van der Waals surface area contributed by atoms with E-state index >= 15 is 0 Å². The van der Waals surface area contributed by atoms with E-state index in [4.69, 9.17) is 46.4 Å². The van der Waals surface area contributed by atoms with Crippen molar-refractivity contribution in [3.8, 4) is 0 Å². The molecule has 2 rings (SSSR count). The molecule has 0 spiro atoms. The molecule has 0 aliphatic rings. The molecule has 2 amide bonds. The molecule has 0 bridgehead atoms. The van der Waals surface area contributed by atoms with Crippen molar-refractivity contribution < 1.29 is 18.0 Å². The molecular formula is C26H33Cl4N3O4S. The SMILES string of the molecule is CC[C@H](C(=O)NCC(C)C)N(Cc1ccc(Cl)cc1Cl)C(=O)CCCN(c1cc(Cl)ccc1Cl)S(C)(=O)=O. The average molecular weight is 625 g/mol. The molecule has 0 saturated carbocycles. The quantitative estimate of drug-likeness (QED) is 0.278. The molecule has 0 aliphatic carbocycles. The van der Waals surface area contributed by atoms with E-state index in [1.807, 2.05) is 20.8 Å². The summed E-state index contributed by atoms with van der Waals surface area (Å²) >= 11 is 24.7. The predicted octanol–water partition coefficient (Wildman–Crippen LogP) is 6.43. The first-order valence-corrected chi connectivity index (χ1v) is 15.5. The number of anilines is 1. The monoisotopic (exact) mass is 623 g/mol. The minimum absolute atomic E-state index is 0.00346. The van der Waals surface area contributed by atoms with Crippen molar-refractivity contribution in [3.05, 3.63) is 62.1 Å². The summed E-state index contributed by atoms with van der Waals surface area (Å²) in [6, 6.07) is 8.78. The molecule has 0 aromatic heterocycles. The molecule has 0 unspecified atom stereocenters. The molecular weight excluding hydrogens is 592 g/mol. The Morgan fingerprint density at radius 1 is 0.974 bits per heavy atom. The van der Waals surface area contributed by atoms with Gasteiger partial charge in [-0.15, -0.1) is 0 Å². The fourth-order valence-corrected chi connectivity index (χ4v) is 5.71. The number of carbonyl (C=O) groups is 2. The van der Waals surface area contributed by atoms with Gasteiger partial charge >= 0.3 is 0 Å². The summed E-state index contributed by atoms with van der Waals surface area (Å²) in [7, 11) is -3.71. The van der Waals surface area contributed by atoms with Crippen LogP contribution in [0.15, 0.2) is 36.4 Å². The van der Waals surface area contributed by atoms with Gasteiger partial charge in [-0.3, -0.25) is 13.9 Å². The highest BCUT2D eigenvalue weighted by Crippen LogP contribution is 2.31. The third-order valence-electron chi connectivity index (χ3n) is 5.76. The molecule has 1 N–H and O–H groups in total. The Morgan fingerprint density at radius 3 is 2.18 bits per heavy atom. The maximum Gasteiger partial charge on any atom is 0.242 e. The molecule has 12 heteroatoms. The topological polar surface area (TPSA) is 86.8 Å². The smallest absolute Gasteiger partial charge is 0.242 e. The number of amides is 2. The Kier molecular flexibility index (Phi) is 12.5. The van der Waals surface area contributed by atoms with Crippen LogP contribution in [0.4, 0.5) is 5.69 Å². The molecule has 0 radical (unpaired) electrons. The van der Waals surface area contributed by atoms with Gasteiger partial charge in [-0.05, 0) is 54.7 Å². The van der Waals surface area contributed by atoms with Crippen LogP contribution in [0.5, 0.6) is 0 Å². The number of sulfonamides is 1. The van der Waals surface area contributed by atoms with Gasteiger partial charge in [0.05, 0.1) is 17.0 Å². The lowest BCUT2D eigenvalue weighted by Crippen LogP contribution is -2.49. The van der Waals surface area contributed by atoms with Crippen LogP contribution in [0.25, 0.3) is 0 Å². The molecule has 0 aliphatic heterocycles. The van der Waals surface area contributed by atoms with Crippen LogP contribution >= 0.6 is 46.4 Å². The number of rotatable bonds is 13. The Balaban J connectivity index is 2.28. The Bertz CT molecular complexity index is 1240. The summed E-state index contributed by atoms with van der Waals surface area (Å²) in [4.78, 5) is 28.1. The lowest BCUT2D eigenvalue weighted by atomic mass is 10.1. The van der Waals surface area contributed by atoms with E-state index < -0.39 is 16.1 Å². The number of nitrogens with one attached hydrogen (secondary N) is 1. The Morgan fingerprint density at radius 2 is 1.61 bits per heavy atom. The van der Waals surface area contributed by atoms with E-state index in [0.717, 1.165) is 10.6 Å². The van der Waals surface area contributed by atoms with Gasteiger partial charge in [0.15, 0.2) is 0 Å². The number of benzene rings is 2. The molecule has 7 nitrogen and oxygen atoms in total. The van der Waals surface area contributed by atoms with E-state index in [9.17, 15) is 18.0 Å². The number of hydrogen-bond acceptors (Lipinski definition) is 4. The van der Waals surface area contributed by atoms with Gasteiger partial charge in [0.1, 0.15) is 6.04 Å². The number of carbonyl (C=O) groups excluding carboxylic acids is 2. The second-order valence-electron chi connectivity index (χ2n) is 9.35. The van der Waals surface area contributed by atoms with Gasteiger partial charge in [0, 0.05) is 41.1 Å². The van der Waals surface area contributed by atoms with Crippen LogP contribution in [0.2, 0.25) is 20.1 Å². The van der Waals surface area contributed by atoms with Crippen LogP contribution in [0, 0.1) is 5.92 Å². The fraction of sp³-hybridized carbons (Fsp3) is 0.462. The average Bonchev–Trinajstić information content (AvgIpc) is 2.82. The number of nitrogens with zero attached hydrogens (tertiary/aromatic N) is 2. The van der Waals surface area contributed by atoms with Gasteiger partial charge < -0.3 is 10.2 Å². The van der Waals surface area contributed by atoms with Gasteiger partial charge in [0.25, 0.3) is 0 Å². The first-order valence-electron chi connectivity index (χ1n) is 12.2. The van der Waals surface area contributed by atoms with Crippen LogP contribution in [0.1, 0.15) is 45.6 Å². The van der Waals surface area contributed by atoms with Crippen LogP contribution in [0.3, 0.4) is 0 Å². The molecule has 0 heterocycles. The van der Waals surface area contributed by atoms with Gasteiger partial charge in [-0.1, -0.05) is 73.2 Å². The van der Waals surface area contributed by atoms with Crippen molar-refractivity contribution in [2.75, 3.05) is 23.7 Å². The first-order chi connectivity index (χ1) is 17.7. The molecule has 0 fully saturated rings. The standard InChI is InChI=1S/C26H33Cl4N3O4S/c1-5-23(26(35)31-15-17(2)3)32(16-18-8-9-19(27)13-22(18)30)25(34)7-6-12-33(38(4,36)37)24-14-20(28)10-11-21(24)29/h8-11,13-14,17,23H,5-7,12,15-16H2,1-4H3,(H,31,35)/t23-/m1/s1. The summed E-state index contributed by atoms with van der Waals surface area (Å²) in [6.45, 7) is 6.36. The van der Waals surface area contributed by atoms with Crippen LogP contribution in [-0.4, -0.2) is 50.5 Å². The molecule has 2 aromatic rings. The Labute approximate surface area is 245 Å². The zero-order valence-electron chi connectivity index (χ0n) is 21.8. The fourth-order valence-electron chi connectivity index (χ4n) is 3.83. The van der Waals surface area contributed by atoms with Crippen molar-refractivity contribution in [1.29, 1.82) is 0 Å². The first kappa shape index (κ1) is 32.5. The van der Waals surface area contributed by atoms with Crippen LogP contribution < -0.4 is 9.62 Å². The molecule has 1 atom stereocenters. The summed E-state index contributed by atoms with van der Waals surface area (Å²) in [5.41, 5.74) is 0.876. The highest BCUT2D eigenvalue weighted by Gasteiger charge is 2.29. The van der Waals surface area contributed by atoms with E-state index in [0.29, 0.717) is 33.6 Å². The van der Waals surface area contributed by atoms with Crippen molar-refractivity contribution in [1.82, 2.24) is 10.2 Å². The largest absolute Gasteiger partial charge is 0.354 e. The summed E-state index contributed by atoms with van der Waals surface area (Å²) in [5, 5.41) is 4.29. The van der Waals surface area contributed by atoms with E-state index in [1.165, 1.54) is 17.0 Å². The molecule has 38 heavy (non-hydrogen) atoms. The minimum Gasteiger partial charge on any atom is -0.354 e. The molecule has 210 valence electrons. The minimum atomic E-state index is -3.71. The maximum atomic E-state index is 13.5. The summed E-state index contributed by atoms with van der Waals surface area (Å²) < 4.78 is 26.2. The van der Waals surface area contributed by atoms with Crippen molar-refractivity contribution in [2.24, 2.45) is 5.92 Å². The number of halogens is 4. The van der Waals surface area contributed by atoms with E-state index in [-0.39, 0.29) is 54.4 Å².